The van der Waals surface area contributed by atoms with Crippen molar-refractivity contribution in [2.75, 3.05) is 26.7 Å². The van der Waals surface area contributed by atoms with E-state index in [1.807, 2.05) is 19.2 Å². The van der Waals surface area contributed by atoms with Crippen LogP contribution in [-0.4, -0.2) is 43.8 Å². The standard InChI is InChI=1S/C15H21FN2O/c1-17-10-14-15(12-4-2-3-5-13(12)16)18(8-9-19-14)11-6-7-11/h2-5,11,14-15,17H,6-10H2,1H3. The number of hydrogen-bond donors (Lipinski definition) is 1. The first-order chi connectivity index (χ1) is 9.31. The van der Waals surface area contributed by atoms with Crippen LogP contribution in [0.25, 0.3) is 0 Å². The van der Waals surface area contributed by atoms with Crippen LogP contribution in [0.2, 0.25) is 0 Å². The highest BCUT2D eigenvalue weighted by Gasteiger charge is 2.41. The van der Waals surface area contributed by atoms with Gasteiger partial charge < -0.3 is 10.1 Å². The van der Waals surface area contributed by atoms with E-state index < -0.39 is 0 Å². The van der Waals surface area contributed by atoms with Crippen molar-refractivity contribution in [1.29, 1.82) is 0 Å². The van der Waals surface area contributed by atoms with E-state index in [9.17, 15) is 4.39 Å². The minimum atomic E-state index is -0.121. The van der Waals surface area contributed by atoms with E-state index in [2.05, 4.69) is 10.2 Å². The van der Waals surface area contributed by atoms with E-state index in [4.69, 9.17) is 4.74 Å². The molecular formula is C15H21FN2O. The van der Waals surface area contributed by atoms with Gasteiger partial charge in [0.05, 0.1) is 18.8 Å². The zero-order chi connectivity index (χ0) is 13.2. The minimum absolute atomic E-state index is 0.0243. The number of likely N-dealkylation sites (N-methyl/N-ethyl adjacent to an activating group) is 1. The Hall–Kier alpha value is -0.970. The lowest BCUT2D eigenvalue weighted by atomic mass is 9.97. The molecule has 104 valence electrons. The topological polar surface area (TPSA) is 24.5 Å². The highest BCUT2D eigenvalue weighted by Crippen LogP contribution is 2.39. The zero-order valence-electron chi connectivity index (χ0n) is 11.3. The fourth-order valence-electron chi connectivity index (χ4n) is 3.03. The van der Waals surface area contributed by atoms with Crippen molar-refractivity contribution >= 4 is 0 Å². The van der Waals surface area contributed by atoms with Crippen molar-refractivity contribution in [2.24, 2.45) is 0 Å². The number of halogens is 1. The van der Waals surface area contributed by atoms with Gasteiger partial charge in [0, 0.05) is 24.7 Å². The van der Waals surface area contributed by atoms with Gasteiger partial charge in [-0.3, -0.25) is 4.90 Å². The Kier molecular flexibility index (Phi) is 3.82. The number of hydrogen-bond acceptors (Lipinski definition) is 3. The number of benzene rings is 1. The van der Waals surface area contributed by atoms with Crippen molar-refractivity contribution in [3.05, 3.63) is 35.6 Å². The van der Waals surface area contributed by atoms with Crippen LogP contribution in [-0.2, 0) is 4.74 Å². The van der Waals surface area contributed by atoms with E-state index >= 15 is 0 Å². The molecule has 4 heteroatoms. The van der Waals surface area contributed by atoms with Gasteiger partial charge in [-0.05, 0) is 26.0 Å². The van der Waals surface area contributed by atoms with Crippen LogP contribution in [0.15, 0.2) is 24.3 Å². The summed E-state index contributed by atoms with van der Waals surface area (Å²) in [6.07, 6.45) is 2.49. The maximum absolute atomic E-state index is 14.1. The van der Waals surface area contributed by atoms with Crippen molar-refractivity contribution in [3.63, 3.8) is 0 Å². The predicted octanol–water partition coefficient (Wildman–Crippen LogP) is 1.95. The van der Waals surface area contributed by atoms with E-state index in [0.29, 0.717) is 6.04 Å². The molecule has 1 aliphatic heterocycles. The molecule has 1 N–H and O–H groups in total. The number of nitrogens with one attached hydrogen (secondary N) is 1. The third-order valence-corrected chi connectivity index (χ3v) is 4.04. The van der Waals surface area contributed by atoms with Gasteiger partial charge in [-0.25, -0.2) is 4.39 Å². The van der Waals surface area contributed by atoms with Gasteiger partial charge in [0.1, 0.15) is 5.82 Å². The van der Waals surface area contributed by atoms with Crippen LogP contribution in [0.5, 0.6) is 0 Å². The second-order valence-electron chi connectivity index (χ2n) is 5.40. The van der Waals surface area contributed by atoms with Crippen LogP contribution >= 0.6 is 0 Å². The molecule has 2 aliphatic rings. The maximum atomic E-state index is 14.1. The van der Waals surface area contributed by atoms with Crippen LogP contribution < -0.4 is 5.32 Å². The molecule has 0 spiro atoms. The smallest absolute Gasteiger partial charge is 0.128 e. The van der Waals surface area contributed by atoms with Crippen LogP contribution in [0, 0.1) is 5.82 Å². The summed E-state index contributed by atoms with van der Waals surface area (Å²) in [4.78, 5) is 2.43. The molecule has 1 aromatic rings. The number of ether oxygens (including phenoxy) is 1. The first-order valence-corrected chi connectivity index (χ1v) is 7.07. The SMILES string of the molecule is CNCC1OCCN(C2CC2)C1c1ccccc1F. The quantitative estimate of drug-likeness (QED) is 0.899. The minimum Gasteiger partial charge on any atom is -0.374 e. The lowest BCUT2D eigenvalue weighted by Crippen LogP contribution is -2.49. The molecule has 0 radical (unpaired) electrons. The molecule has 2 atom stereocenters. The fraction of sp³-hybridized carbons (Fsp3) is 0.600. The molecule has 1 heterocycles. The molecule has 1 saturated heterocycles. The van der Waals surface area contributed by atoms with E-state index in [1.165, 1.54) is 12.8 Å². The molecule has 1 saturated carbocycles. The summed E-state index contributed by atoms with van der Waals surface area (Å²) in [6, 6.07) is 7.76. The summed E-state index contributed by atoms with van der Waals surface area (Å²) in [5.74, 6) is -0.121. The molecule has 0 aromatic heterocycles. The van der Waals surface area contributed by atoms with Gasteiger partial charge in [-0.15, -0.1) is 0 Å². The summed E-state index contributed by atoms with van der Waals surface area (Å²) in [6.45, 7) is 2.40. The van der Waals surface area contributed by atoms with E-state index in [-0.39, 0.29) is 18.0 Å². The second kappa shape index (κ2) is 5.57. The Balaban J connectivity index is 1.92. The third-order valence-electron chi connectivity index (χ3n) is 4.04. The predicted molar refractivity (Wildman–Crippen MR) is 72.5 cm³/mol. The fourth-order valence-corrected chi connectivity index (χ4v) is 3.03. The molecule has 3 nitrogen and oxygen atoms in total. The second-order valence-corrected chi connectivity index (χ2v) is 5.40. The van der Waals surface area contributed by atoms with Gasteiger partial charge in [-0.2, -0.15) is 0 Å². The summed E-state index contributed by atoms with van der Waals surface area (Å²) in [7, 11) is 1.91. The summed E-state index contributed by atoms with van der Waals surface area (Å²) >= 11 is 0. The lowest BCUT2D eigenvalue weighted by molar-refractivity contribution is -0.0749. The number of nitrogens with zero attached hydrogens (tertiary/aromatic N) is 1. The van der Waals surface area contributed by atoms with Crippen LogP contribution in [0.3, 0.4) is 0 Å². The molecule has 0 bridgehead atoms. The summed E-state index contributed by atoms with van der Waals surface area (Å²) < 4.78 is 20.0. The van der Waals surface area contributed by atoms with Crippen molar-refractivity contribution in [2.45, 2.75) is 31.0 Å². The molecule has 1 aromatic carbocycles. The third kappa shape index (κ3) is 2.66. The first-order valence-electron chi connectivity index (χ1n) is 7.07. The molecule has 2 unspecified atom stereocenters. The maximum Gasteiger partial charge on any atom is 0.128 e. The zero-order valence-corrected chi connectivity index (χ0v) is 11.3. The molecule has 19 heavy (non-hydrogen) atoms. The molecule has 1 aliphatic carbocycles. The largest absolute Gasteiger partial charge is 0.374 e. The molecule has 2 fully saturated rings. The van der Waals surface area contributed by atoms with E-state index in [1.54, 1.807) is 12.1 Å². The highest BCUT2D eigenvalue weighted by atomic mass is 19.1. The van der Waals surface area contributed by atoms with Crippen molar-refractivity contribution in [3.8, 4) is 0 Å². The summed E-state index contributed by atoms with van der Waals surface area (Å²) in [5.41, 5.74) is 0.773. The van der Waals surface area contributed by atoms with Gasteiger partial charge in [0.2, 0.25) is 0 Å². The number of rotatable bonds is 4. The van der Waals surface area contributed by atoms with Gasteiger partial charge in [0.25, 0.3) is 0 Å². The number of morpholine rings is 1. The highest BCUT2D eigenvalue weighted by molar-refractivity contribution is 5.24. The van der Waals surface area contributed by atoms with Gasteiger partial charge in [-0.1, -0.05) is 18.2 Å². The Morgan fingerprint density at radius 3 is 2.84 bits per heavy atom. The molecule has 3 rings (SSSR count). The monoisotopic (exact) mass is 264 g/mol. The van der Waals surface area contributed by atoms with Crippen molar-refractivity contribution < 1.29 is 9.13 Å². The molecule has 0 amide bonds. The average Bonchev–Trinajstić information content (AvgIpc) is 3.24. The van der Waals surface area contributed by atoms with Crippen molar-refractivity contribution in [1.82, 2.24) is 10.2 Å². The lowest BCUT2D eigenvalue weighted by Gasteiger charge is -2.42. The van der Waals surface area contributed by atoms with Crippen LogP contribution in [0.1, 0.15) is 24.4 Å². The Labute approximate surface area is 113 Å². The van der Waals surface area contributed by atoms with E-state index in [0.717, 1.165) is 25.3 Å². The summed E-state index contributed by atoms with van der Waals surface area (Å²) in [5, 5.41) is 3.16. The van der Waals surface area contributed by atoms with Crippen LogP contribution in [0.4, 0.5) is 4.39 Å². The van der Waals surface area contributed by atoms with Gasteiger partial charge >= 0.3 is 0 Å². The normalized spacial score (nSPS) is 28.5. The molecular weight excluding hydrogens is 243 g/mol. The Morgan fingerprint density at radius 1 is 1.37 bits per heavy atom. The Morgan fingerprint density at radius 2 is 2.16 bits per heavy atom. The first kappa shape index (κ1) is 13.0. The van der Waals surface area contributed by atoms with Gasteiger partial charge in [0.15, 0.2) is 0 Å². The average molecular weight is 264 g/mol. The Bertz CT molecular complexity index is 434.